The Morgan fingerprint density at radius 2 is 0.702 bits per heavy atom. The topological polar surface area (TPSA) is 15.8 Å². The third-order valence-electron chi connectivity index (χ3n) is 10.5. The summed E-state index contributed by atoms with van der Waals surface area (Å²) in [7, 11) is 0. The van der Waals surface area contributed by atoms with E-state index >= 15 is 0 Å². The predicted molar refractivity (Wildman–Crippen MR) is 214 cm³/mol. The zero-order valence-electron chi connectivity index (χ0n) is 30.2. The molecule has 3 heteroatoms. The second-order valence-electron chi connectivity index (χ2n) is 14.7. The van der Waals surface area contributed by atoms with Crippen LogP contribution >= 0.6 is 0 Å². The average molecular weight is 766 g/mol. The molecule has 0 spiro atoms. The monoisotopic (exact) mass is 767 g/mol. The number of fused-ring (bicyclic) bond motifs is 5. The van der Waals surface area contributed by atoms with Crippen LogP contribution in [0.4, 0.5) is 0 Å². The van der Waals surface area contributed by atoms with Crippen LogP contribution in [0.5, 0.6) is 0 Å². The van der Waals surface area contributed by atoms with Gasteiger partial charge in [-0.05, 0) is 0 Å². The number of unbranched alkanes of at least 4 members (excludes halogenated alkanes) is 22. The first kappa shape index (κ1) is 37.0. The van der Waals surface area contributed by atoms with Crippen molar-refractivity contribution in [3.8, 4) is 0 Å². The zero-order valence-corrected chi connectivity index (χ0v) is 33.6. The molecule has 5 aromatic rings. The van der Waals surface area contributed by atoms with Crippen molar-refractivity contribution in [2.45, 2.75) is 181 Å². The summed E-state index contributed by atoms with van der Waals surface area (Å²) in [6, 6.07) is 15.1. The van der Waals surface area contributed by atoms with Gasteiger partial charge in [0.1, 0.15) is 0 Å². The SMILES string of the molecule is CCCCCCCCCCCCCCc1cc2cc3[nH]c4cc5cc(CCCCCCCCCCCCCC)[se]c5cc4c3cc2[se]1. The summed E-state index contributed by atoms with van der Waals surface area (Å²) in [5, 5.41) is 5.88. The summed E-state index contributed by atoms with van der Waals surface area (Å²) in [5.41, 5.74) is 2.66. The van der Waals surface area contributed by atoms with Crippen LogP contribution in [0.15, 0.2) is 36.4 Å². The van der Waals surface area contributed by atoms with Crippen molar-refractivity contribution in [3.63, 3.8) is 0 Å². The summed E-state index contributed by atoms with van der Waals surface area (Å²) in [6.45, 7) is 4.61. The molecule has 0 bridgehead atoms. The maximum absolute atomic E-state index is 3.81. The van der Waals surface area contributed by atoms with Gasteiger partial charge >= 0.3 is 262 Å². The molecule has 0 aliphatic rings. The van der Waals surface area contributed by atoms with E-state index in [1.54, 1.807) is 17.4 Å². The van der Waals surface area contributed by atoms with E-state index < -0.39 is 0 Å². The van der Waals surface area contributed by atoms with Gasteiger partial charge in [-0.3, -0.25) is 0 Å². The molecular weight excluding hydrogens is 700 g/mol. The van der Waals surface area contributed by atoms with E-state index in [2.05, 4.69) is 55.2 Å². The number of nitrogens with one attached hydrogen (secondary N) is 1. The fraction of sp³-hybridized carbons (Fsp3) is 0.636. The van der Waals surface area contributed by atoms with Gasteiger partial charge in [0.15, 0.2) is 0 Å². The van der Waals surface area contributed by atoms with Crippen molar-refractivity contribution >= 4 is 70.1 Å². The molecule has 0 radical (unpaired) electrons. The minimum absolute atomic E-state index is 0.508. The first-order valence-corrected chi connectivity index (χ1v) is 23.6. The van der Waals surface area contributed by atoms with Gasteiger partial charge in [-0.2, -0.15) is 0 Å². The van der Waals surface area contributed by atoms with Crippen LogP contribution in [0.1, 0.15) is 177 Å². The summed E-state index contributed by atoms with van der Waals surface area (Å²) in [5.74, 6) is 0. The second kappa shape index (κ2) is 21.1. The second-order valence-corrected chi connectivity index (χ2v) is 19.6. The molecule has 1 N–H and O–H groups in total. The summed E-state index contributed by atoms with van der Waals surface area (Å²) < 4.78 is 6.65. The van der Waals surface area contributed by atoms with Gasteiger partial charge in [0.2, 0.25) is 0 Å². The van der Waals surface area contributed by atoms with Crippen molar-refractivity contribution in [2.75, 3.05) is 0 Å². The summed E-state index contributed by atoms with van der Waals surface area (Å²) in [4.78, 5) is 3.81. The average Bonchev–Trinajstić information content (AvgIpc) is 3.77. The Balaban J connectivity index is 1.03. The predicted octanol–water partition coefficient (Wildman–Crippen LogP) is 14.2. The van der Waals surface area contributed by atoms with E-state index in [-0.39, 0.29) is 0 Å². The molecule has 0 fully saturated rings. The van der Waals surface area contributed by atoms with E-state index in [1.807, 2.05) is 0 Å². The number of hydrogen-bond donors (Lipinski definition) is 1. The van der Waals surface area contributed by atoms with Crippen LogP contribution in [0.2, 0.25) is 0 Å². The van der Waals surface area contributed by atoms with Gasteiger partial charge in [0.25, 0.3) is 0 Å². The first-order valence-electron chi connectivity index (χ1n) is 20.2. The van der Waals surface area contributed by atoms with Crippen LogP contribution in [-0.2, 0) is 12.8 Å². The van der Waals surface area contributed by atoms with Crippen molar-refractivity contribution in [1.82, 2.24) is 4.98 Å². The Morgan fingerprint density at radius 1 is 0.383 bits per heavy atom. The van der Waals surface area contributed by atoms with E-state index in [0.29, 0.717) is 29.0 Å². The van der Waals surface area contributed by atoms with Crippen LogP contribution in [0.3, 0.4) is 0 Å². The first-order chi connectivity index (χ1) is 23.2. The van der Waals surface area contributed by atoms with E-state index in [4.69, 9.17) is 0 Å². The number of hydrogen-bond acceptors (Lipinski definition) is 0. The Labute approximate surface area is 299 Å². The molecule has 3 aromatic heterocycles. The van der Waals surface area contributed by atoms with Gasteiger partial charge in [-0.25, -0.2) is 0 Å². The zero-order chi connectivity index (χ0) is 32.5. The number of benzene rings is 2. The molecule has 0 saturated heterocycles. The van der Waals surface area contributed by atoms with Crippen LogP contribution in [0.25, 0.3) is 41.1 Å². The third kappa shape index (κ3) is 11.9. The Bertz CT molecular complexity index is 1470. The molecule has 2 aromatic carbocycles. The molecule has 0 aliphatic carbocycles. The fourth-order valence-corrected chi connectivity index (χ4v) is 12.3. The Kier molecular flexibility index (Phi) is 16.6. The molecule has 1 nitrogen and oxygen atoms in total. The molecule has 0 saturated carbocycles. The van der Waals surface area contributed by atoms with Gasteiger partial charge in [-0.1, -0.05) is 39.5 Å². The quantitative estimate of drug-likeness (QED) is 0.0426. The minimum atomic E-state index is 0.508. The van der Waals surface area contributed by atoms with Crippen LogP contribution in [-0.4, -0.2) is 34.0 Å². The number of H-pyrrole nitrogens is 1. The molecular formula is C44H65NSe2. The molecule has 0 aliphatic heterocycles. The summed E-state index contributed by atoms with van der Waals surface area (Å²) in [6.07, 6.45) is 37.0. The summed E-state index contributed by atoms with van der Waals surface area (Å²) >= 11 is 1.02. The Hall–Kier alpha value is -1.24. The van der Waals surface area contributed by atoms with Gasteiger partial charge in [-0.15, -0.1) is 0 Å². The van der Waals surface area contributed by atoms with Crippen LogP contribution in [0, 0.1) is 0 Å². The third-order valence-corrected chi connectivity index (χ3v) is 15.4. The number of aromatic amines is 1. The number of aryl methyl sites for hydroxylation is 2. The number of rotatable bonds is 26. The molecule has 3 heterocycles. The normalized spacial score (nSPS) is 12.1. The molecule has 0 unspecified atom stereocenters. The maximum atomic E-state index is 3.81. The standard InChI is InChI=1S/C44H65NSe2/c1-3-5-7-9-11-13-15-17-19-21-23-25-27-37-29-35-31-41-39(33-43(35)46-37)40-34-44-36(32-42(40)45-41)30-38(47-44)28-26-24-22-20-18-16-14-12-10-8-6-4-2/h29-34,45H,3-28H2,1-2H3. The molecule has 258 valence electrons. The van der Waals surface area contributed by atoms with Gasteiger partial charge in [0, 0.05) is 0 Å². The van der Waals surface area contributed by atoms with Crippen molar-refractivity contribution in [1.29, 1.82) is 0 Å². The van der Waals surface area contributed by atoms with Gasteiger partial charge in [0.05, 0.1) is 0 Å². The van der Waals surface area contributed by atoms with Gasteiger partial charge < -0.3 is 0 Å². The van der Waals surface area contributed by atoms with E-state index in [0.717, 1.165) is 0 Å². The van der Waals surface area contributed by atoms with Crippen molar-refractivity contribution in [2.24, 2.45) is 0 Å². The Morgan fingerprint density at radius 3 is 1.04 bits per heavy atom. The fourth-order valence-electron chi connectivity index (χ4n) is 7.61. The number of aromatic nitrogens is 1. The van der Waals surface area contributed by atoms with Crippen molar-refractivity contribution in [3.05, 3.63) is 45.3 Å². The van der Waals surface area contributed by atoms with E-state index in [1.165, 1.54) is 200 Å². The molecule has 0 amide bonds. The van der Waals surface area contributed by atoms with Crippen LogP contribution < -0.4 is 0 Å². The van der Waals surface area contributed by atoms with Crippen molar-refractivity contribution < 1.29 is 0 Å². The molecule has 47 heavy (non-hydrogen) atoms. The molecule has 5 rings (SSSR count). The molecule has 0 atom stereocenters. The van der Waals surface area contributed by atoms with E-state index in [9.17, 15) is 0 Å².